The standard InChI is InChI=1S/C22H28N4O4/c1-16-14-24(15-17-10-6-5-7-11-17)23-18(19(16)27)20(28)25-12-8-9-13-26(25)21(29)30-22(2,3)4/h5-7,10-11,14H,8-9,12-13,15H2,1-4H3. The Morgan fingerprint density at radius 1 is 1.07 bits per heavy atom. The van der Waals surface area contributed by atoms with Crippen molar-refractivity contribution in [1.82, 2.24) is 19.8 Å². The van der Waals surface area contributed by atoms with E-state index in [-0.39, 0.29) is 5.69 Å². The third-order valence-corrected chi connectivity index (χ3v) is 4.65. The summed E-state index contributed by atoms with van der Waals surface area (Å²) in [4.78, 5) is 38.6. The van der Waals surface area contributed by atoms with E-state index in [0.29, 0.717) is 25.2 Å². The summed E-state index contributed by atoms with van der Waals surface area (Å²) < 4.78 is 7.02. The molecule has 0 radical (unpaired) electrons. The molecule has 0 N–H and O–H groups in total. The molecule has 0 spiro atoms. The predicted octanol–water partition coefficient (Wildman–Crippen LogP) is 2.99. The summed E-state index contributed by atoms with van der Waals surface area (Å²) in [5.41, 5.74) is 0.109. The topological polar surface area (TPSA) is 84.7 Å². The van der Waals surface area contributed by atoms with Crippen LogP contribution >= 0.6 is 0 Å². The van der Waals surface area contributed by atoms with Gasteiger partial charge in [0.25, 0.3) is 5.91 Å². The van der Waals surface area contributed by atoms with Crippen molar-refractivity contribution in [2.75, 3.05) is 13.1 Å². The Labute approximate surface area is 176 Å². The van der Waals surface area contributed by atoms with Crippen molar-refractivity contribution in [1.29, 1.82) is 0 Å². The lowest BCUT2D eigenvalue weighted by atomic mass is 10.2. The number of hydrogen-bond donors (Lipinski definition) is 0. The minimum Gasteiger partial charge on any atom is -0.442 e. The van der Waals surface area contributed by atoms with Gasteiger partial charge < -0.3 is 4.74 Å². The Balaban J connectivity index is 1.90. The third kappa shape index (κ3) is 5.06. The van der Waals surface area contributed by atoms with Gasteiger partial charge in [-0.05, 0) is 46.1 Å². The number of rotatable bonds is 3. The van der Waals surface area contributed by atoms with Crippen molar-refractivity contribution >= 4 is 12.0 Å². The van der Waals surface area contributed by atoms with Crippen LogP contribution in [0.25, 0.3) is 0 Å². The van der Waals surface area contributed by atoms with Gasteiger partial charge in [0.1, 0.15) is 5.60 Å². The molecule has 2 amide bonds. The maximum absolute atomic E-state index is 13.3. The highest BCUT2D eigenvalue weighted by molar-refractivity contribution is 5.93. The van der Waals surface area contributed by atoms with E-state index in [2.05, 4.69) is 5.10 Å². The van der Waals surface area contributed by atoms with Crippen molar-refractivity contribution < 1.29 is 14.3 Å². The van der Waals surface area contributed by atoms with Gasteiger partial charge in [-0.1, -0.05) is 30.3 Å². The van der Waals surface area contributed by atoms with E-state index in [0.717, 1.165) is 18.4 Å². The Bertz CT molecular complexity index is 979. The van der Waals surface area contributed by atoms with Gasteiger partial charge in [-0.3, -0.25) is 14.3 Å². The van der Waals surface area contributed by atoms with E-state index in [4.69, 9.17) is 4.74 Å². The SMILES string of the molecule is Cc1cn(Cc2ccccc2)nc(C(=O)N2CCCCN2C(=O)OC(C)(C)C)c1=O. The molecule has 160 valence electrons. The summed E-state index contributed by atoms with van der Waals surface area (Å²) in [6.45, 7) is 8.07. The summed E-state index contributed by atoms with van der Waals surface area (Å²) in [7, 11) is 0. The summed E-state index contributed by atoms with van der Waals surface area (Å²) >= 11 is 0. The van der Waals surface area contributed by atoms with Gasteiger partial charge in [0.15, 0.2) is 5.69 Å². The number of aromatic nitrogens is 2. The minimum absolute atomic E-state index is 0.193. The molecule has 2 heterocycles. The number of ether oxygens (including phenoxy) is 1. The Kier molecular flexibility index (Phi) is 6.24. The maximum Gasteiger partial charge on any atom is 0.429 e. The highest BCUT2D eigenvalue weighted by Gasteiger charge is 2.34. The Morgan fingerprint density at radius 3 is 2.33 bits per heavy atom. The average Bonchev–Trinajstić information content (AvgIpc) is 2.69. The zero-order chi connectivity index (χ0) is 21.9. The Morgan fingerprint density at radius 2 is 1.70 bits per heavy atom. The first-order valence-corrected chi connectivity index (χ1v) is 10.1. The molecule has 1 aliphatic rings. The monoisotopic (exact) mass is 412 g/mol. The minimum atomic E-state index is -0.687. The molecule has 1 aromatic carbocycles. The van der Waals surface area contributed by atoms with Crippen LogP contribution in [-0.2, 0) is 11.3 Å². The largest absolute Gasteiger partial charge is 0.442 e. The summed E-state index contributed by atoms with van der Waals surface area (Å²) in [5, 5.41) is 6.87. The smallest absolute Gasteiger partial charge is 0.429 e. The molecule has 3 rings (SSSR count). The van der Waals surface area contributed by atoms with Gasteiger partial charge in [0.05, 0.1) is 6.54 Å². The van der Waals surface area contributed by atoms with Crippen LogP contribution < -0.4 is 5.43 Å². The number of amides is 2. The molecule has 0 saturated carbocycles. The summed E-state index contributed by atoms with van der Waals surface area (Å²) in [5.74, 6) is -0.587. The molecular formula is C22H28N4O4. The lowest BCUT2D eigenvalue weighted by Crippen LogP contribution is -2.55. The van der Waals surface area contributed by atoms with Crippen molar-refractivity contribution in [3.63, 3.8) is 0 Å². The van der Waals surface area contributed by atoms with Crippen LogP contribution in [-0.4, -0.2) is 50.5 Å². The normalized spacial score (nSPS) is 14.5. The second-order valence-corrected chi connectivity index (χ2v) is 8.41. The van der Waals surface area contributed by atoms with Crippen molar-refractivity contribution in [3.8, 4) is 0 Å². The predicted molar refractivity (Wildman–Crippen MR) is 112 cm³/mol. The number of carbonyl (C=O) groups is 2. The first-order chi connectivity index (χ1) is 14.2. The maximum atomic E-state index is 13.3. The van der Waals surface area contributed by atoms with Crippen LogP contribution in [0.5, 0.6) is 0 Å². The molecular weight excluding hydrogens is 384 g/mol. The number of aryl methyl sites for hydroxylation is 1. The quantitative estimate of drug-likeness (QED) is 0.774. The molecule has 0 atom stereocenters. The molecule has 0 bridgehead atoms. The highest BCUT2D eigenvalue weighted by atomic mass is 16.6. The van der Waals surface area contributed by atoms with Gasteiger partial charge in [-0.25, -0.2) is 14.8 Å². The number of hydrogen-bond acceptors (Lipinski definition) is 5. The molecule has 1 saturated heterocycles. The molecule has 30 heavy (non-hydrogen) atoms. The van der Waals surface area contributed by atoms with Crippen LogP contribution in [0.4, 0.5) is 4.79 Å². The molecule has 1 fully saturated rings. The summed E-state index contributed by atoms with van der Waals surface area (Å²) in [6, 6.07) is 9.66. The van der Waals surface area contributed by atoms with E-state index >= 15 is 0 Å². The fourth-order valence-electron chi connectivity index (χ4n) is 3.27. The van der Waals surface area contributed by atoms with Crippen LogP contribution in [0.1, 0.15) is 55.2 Å². The molecule has 1 aliphatic heterocycles. The zero-order valence-corrected chi connectivity index (χ0v) is 17.9. The average molecular weight is 412 g/mol. The molecule has 0 aliphatic carbocycles. The molecule has 8 heteroatoms. The van der Waals surface area contributed by atoms with E-state index in [9.17, 15) is 14.4 Å². The lowest BCUT2D eigenvalue weighted by Gasteiger charge is -2.38. The van der Waals surface area contributed by atoms with Crippen LogP contribution in [0.2, 0.25) is 0 Å². The third-order valence-electron chi connectivity index (χ3n) is 4.65. The fraction of sp³-hybridized carbons (Fsp3) is 0.455. The van der Waals surface area contributed by atoms with Crippen LogP contribution in [0.3, 0.4) is 0 Å². The second kappa shape index (κ2) is 8.69. The van der Waals surface area contributed by atoms with Crippen molar-refractivity contribution in [2.45, 2.75) is 52.7 Å². The number of benzene rings is 1. The Hall–Kier alpha value is -3.16. The highest BCUT2D eigenvalue weighted by Crippen LogP contribution is 2.18. The molecule has 1 aromatic heterocycles. The van der Waals surface area contributed by atoms with Gasteiger partial charge in [-0.15, -0.1) is 0 Å². The van der Waals surface area contributed by atoms with Gasteiger partial charge >= 0.3 is 6.09 Å². The lowest BCUT2D eigenvalue weighted by molar-refractivity contribution is -0.0508. The summed E-state index contributed by atoms with van der Waals surface area (Å²) in [6.07, 6.45) is 2.51. The van der Waals surface area contributed by atoms with Crippen LogP contribution in [0.15, 0.2) is 41.3 Å². The number of hydrazine groups is 1. The molecule has 0 unspecified atom stereocenters. The first kappa shape index (κ1) is 21.5. The van der Waals surface area contributed by atoms with Gasteiger partial charge in [0, 0.05) is 24.8 Å². The van der Waals surface area contributed by atoms with Crippen molar-refractivity contribution in [3.05, 3.63) is 63.6 Å². The number of nitrogens with zero attached hydrogens (tertiary/aromatic N) is 4. The van der Waals surface area contributed by atoms with Crippen LogP contribution in [0, 0.1) is 6.92 Å². The molecule has 8 nitrogen and oxygen atoms in total. The van der Waals surface area contributed by atoms with Crippen molar-refractivity contribution in [2.24, 2.45) is 0 Å². The van der Waals surface area contributed by atoms with E-state index in [1.807, 2.05) is 30.3 Å². The molecule has 2 aromatic rings. The number of carbonyl (C=O) groups excluding carboxylic acids is 2. The first-order valence-electron chi connectivity index (χ1n) is 10.1. The zero-order valence-electron chi connectivity index (χ0n) is 17.9. The second-order valence-electron chi connectivity index (χ2n) is 8.41. The van der Waals surface area contributed by atoms with E-state index in [1.165, 1.54) is 10.0 Å². The fourth-order valence-corrected chi connectivity index (χ4v) is 3.27. The van der Waals surface area contributed by atoms with E-state index < -0.39 is 23.0 Å². The van der Waals surface area contributed by atoms with E-state index in [1.54, 1.807) is 38.6 Å². The van der Waals surface area contributed by atoms with Gasteiger partial charge in [-0.2, -0.15) is 5.10 Å². The van der Waals surface area contributed by atoms with Gasteiger partial charge in [0.2, 0.25) is 5.43 Å².